The molecule has 1 heterocycles. The van der Waals surface area contributed by atoms with Crippen molar-refractivity contribution in [2.24, 2.45) is 0 Å². The highest BCUT2D eigenvalue weighted by atomic mass is 19.1. The average Bonchev–Trinajstić information content (AvgIpc) is 2.71. The van der Waals surface area contributed by atoms with E-state index >= 15 is 0 Å². The third kappa shape index (κ3) is 2.69. The molecule has 0 aromatic heterocycles. The number of rotatable bonds is 3. The van der Waals surface area contributed by atoms with Crippen LogP contribution in [0.2, 0.25) is 0 Å². The van der Waals surface area contributed by atoms with Gasteiger partial charge in [0.05, 0.1) is 17.4 Å². The lowest BCUT2D eigenvalue weighted by Gasteiger charge is -2.26. The Morgan fingerprint density at radius 1 is 1.68 bits per heavy atom. The Kier molecular flexibility index (Phi) is 3.73. The summed E-state index contributed by atoms with van der Waals surface area (Å²) in [6.45, 7) is 2.24. The van der Waals surface area contributed by atoms with Crippen LogP contribution in [0.3, 0.4) is 0 Å². The van der Waals surface area contributed by atoms with Crippen molar-refractivity contribution in [2.45, 2.75) is 25.0 Å². The summed E-state index contributed by atoms with van der Waals surface area (Å²) in [5, 5.41) is 12.8. The number of carbonyl (C=O) groups excluding carboxylic acids is 1. The predicted octanol–water partition coefficient (Wildman–Crippen LogP) is 0.678. The first-order valence-electron chi connectivity index (χ1n) is 6.10. The maximum Gasteiger partial charge on any atom is 0.253 e. The number of hydrogen-bond donors (Lipinski definition) is 3. The first-order chi connectivity index (χ1) is 8.94. The molecule has 2 rings (SSSR count). The summed E-state index contributed by atoms with van der Waals surface area (Å²) in [6.07, 6.45) is 0.102. The van der Waals surface area contributed by atoms with E-state index in [1.165, 1.54) is 18.2 Å². The fraction of sp³-hybridized carbons (Fsp3) is 0.462. The monoisotopic (exact) mass is 268 g/mol. The molecule has 19 heavy (non-hydrogen) atoms. The van der Waals surface area contributed by atoms with Crippen LogP contribution in [0.25, 0.3) is 0 Å². The predicted molar refractivity (Wildman–Crippen MR) is 68.1 cm³/mol. The van der Waals surface area contributed by atoms with Gasteiger partial charge in [0.25, 0.3) is 5.91 Å². The third-order valence-corrected chi connectivity index (χ3v) is 3.51. The summed E-state index contributed by atoms with van der Waals surface area (Å²) in [6, 6.07) is 4.04. The Morgan fingerprint density at radius 2 is 2.42 bits per heavy atom. The number of ether oxygens (including phenoxy) is 1. The van der Waals surface area contributed by atoms with Gasteiger partial charge in [0.2, 0.25) is 0 Å². The lowest BCUT2D eigenvalue weighted by Crippen LogP contribution is -2.47. The zero-order valence-corrected chi connectivity index (χ0v) is 10.6. The Morgan fingerprint density at radius 3 is 3.05 bits per heavy atom. The third-order valence-electron chi connectivity index (χ3n) is 3.51. The molecule has 4 N–H and O–H groups in total. The number of nitrogens with one attached hydrogen (secondary N) is 1. The number of benzene rings is 1. The minimum Gasteiger partial charge on any atom is -0.396 e. The summed E-state index contributed by atoms with van der Waals surface area (Å²) in [4.78, 5) is 11.9. The Balaban J connectivity index is 2.04. The number of halogens is 1. The molecular weight excluding hydrogens is 251 g/mol. The highest BCUT2D eigenvalue weighted by Crippen LogP contribution is 2.25. The van der Waals surface area contributed by atoms with E-state index in [1.54, 1.807) is 6.92 Å². The molecule has 1 fully saturated rings. The van der Waals surface area contributed by atoms with E-state index < -0.39 is 17.3 Å². The average molecular weight is 268 g/mol. The first-order valence-corrected chi connectivity index (χ1v) is 6.10. The van der Waals surface area contributed by atoms with Crippen molar-refractivity contribution >= 4 is 11.6 Å². The molecule has 2 atom stereocenters. The van der Waals surface area contributed by atoms with E-state index in [4.69, 9.17) is 10.5 Å². The number of amides is 1. The van der Waals surface area contributed by atoms with Crippen LogP contribution in [0.1, 0.15) is 23.7 Å². The van der Waals surface area contributed by atoms with Gasteiger partial charge in [0.1, 0.15) is 11.4 Å². The van der Waals surface area contributed by atoms with Gasteiger partial charge in [-0.1, -0.05) is 6.07 Å². The molecule has 0 spiro atoms. The number of aliphatic hydroxyl groups is 1. The lowest BCUT2D eigenvalue weighted by molar-refractivity contribution is -0.0251. The molecule has 1 aliphatic rings. The summed E-state index contributed by atoms with van der Waals surface area (Å²) < 4.78 is 18.5. The van der Waals surface area contributed by atoms with Gasteiger partial charge < -0.3 is 20.9 Å². The molecule has 1 aromatic carbocycles. The standard InChI is InChI=1S/C13H17FN2O3/c1-8-13(18,5-6-19-8)7-16-12(17)9-3-2-4-10(14)11(9)15/h2-4,8,18H,5-7,15H2,1H3,(H,16,17). The molecule has 0 radical (unpaired) electrons. The Labute approximate surface area is 110 Å². The molecule has 0 saturated carbocycles. The fourth-order valence-electron chi connectivity index (χ4n) is 2.07. The van der Waals surface area contributed by atoms with Gasteiger partial charge in [0.15, 0.2) is 0 Å². The Bertz CT molecular complexity index is 495. The van der Waals surface area contributed by atoms with Crippen LogP contribution in [0, 0.1) is 5.82 Å². The number of carbonyl (C=O) groups is 1. The number of nitrogens with two attached hydrogens (primary N) is 1. The van der Waals surface area contributed by atoms with Crippen molar-refractivity contribution < 1.29 is 19.0 Å². The highest BCUT2D eigenvalue weighted by Gasteiger charge is 2.39. The van der Waals surface area contributed by atoms with Crippen LogP contribution in [0.5, 0.6) is 0 Å². The number of para-hydroxylation sites is 1. The molecule has 1 amide bonds. The van der Waals surface area contributed by atoms with E-state index in [0.717, 1.165) is 0 Å². The van der Waals surface area contributed by atoms with Gasteiger partial charge in [-0.05, 0) is 19.1 Å². The molecule has 1 aromatic rings. The van der Waals surface area contributed by atoms with Crippen molar-refractivity contribution in [3.63, 3.8) is 0 Å². The zero-order valence-electron chi connectivity index (χ0n) is 10.6. The maximum atomic E-state index is 13.2. The van der Waals surface area contributed by atoms with Gasteiger partial charge in [-0.15, -0.1) is 0 Å². The van der Waals surface area contributed by atoms with Crippen molar-refractivity contribution in [2.75, 3.05) is 18.9 Å². The van der Waals surface area contributed by atoms with Crippen molar-refractivity contribution in [1.82, 2.24) is 5.32 Å². The van der Waals surface area contributed by atoms with Crippen LogP contribution < -0.4 is 11.1 Å². The molecule has 104 valence electrons. The van der Waals surface area contributed by atoms with E-state index in [1.807, 2.05) is 0 Å². The number of nitrogen functional groups attached to an aromatic ring is 1. The second-order valence-electron chi connectivity index (χ2n) is 4.75. The maximum absolute atomic E-state index is 13.2. The molecule has 1 saturated heterocycles. The molecule has 0 aliphatic carbocycles. The van der Waals surface area contributed by atoms with Crippen LogP contribution in [-0.4, -0.2) is 35.9 Å². The van der Waals surface area contributed by atoms with E-state index in [2.05, 4.69) is 5.32 Å². The van der Waals surface area contributed by atoms with Crippen molar-refractivity contribution in [3.8, 4) is 0 Å². The van der Waals surface area contributed by atoms with E-state index in [0.29, 0.717) is 13.0 Å². The lowest BCUT2D eigenvalue weighted by atomic mass is 9.96. The summed E-state index contributed by atoms with van der Waals surface area (Å²) in [7, 11) is 0. The normalized spacial score (nSPS) is 26.4. The second-order valence-corrected chi connectivity index (χ2v) is 4.75. The van der Waals surface area contributed by atoms with Gasteiger partial charge in [-0.2, -0.15) is 0 Å². The largest absolute Gasteiger partial charge is 0.396 e. The Hall–Kier alpha value is -1.66. The summed E-state index contributed by atoms with van der Waals surface area (Å²) in [5.41, 5.74) is 4.29. The van der Waals surface area contributed by atoms with Crippen LogP contribution in [-0.2, 0) is 4.74 Å². The molecule has 0 bridgehead atoms. The van der Waals surface area contributed by atoms with Gasteiger partial charge in [0, 0.05) is 19.6 Å². The second kappa shape index (κ2) is 5.14. The summed E-state index contributed by atoms with van der Waals surface area (Å²) >= 11 is 0. The topological polar surface area (TPSA) is 84.6 Å². The van der Waals surface area contributed by atoms with Crippen LogP contribution in [0.4, 0.5) is 10.1 Å². The van der Waals surface area contributed by atoms with Gasteiger partial charge >= 0.3 is 0 Å². The van der Waals surface area contributed by atoms with Crippen molar-refractivity contribution in [1.29, 1.82) is 0 Å². The minimum absolute atomic E-state index is 0.0446. The quantitative estimate of drug-likeness (QED) is 0.704. The first kappa shape index (κ1) is 13.8. The summed E-state index contributed by atoms with van der Waals surface area (Å²) in [5.74, 6) is -1.14. The van der Waals surface area contributed by atoms with Crippen LogP contribution in [0.15, 0.2) is 18.2 Å². The molecule has 2 unspecified atom stereocenters. The number of anilines is 1. The zero-order chi connectivity index (χ0) is 14.0. The van der Waals surface area contributed by atoms with Gasteiger partial charge in [-0.25, -0.2) is 4.39 Å². The molecule has 1 aliphatic heterocycles. The number of hydrogen-bond acceptors (Lipinski definition) is 4. The SMILES string of the molecule is CC1OCCC1(O)CNC(=O)c1cccc(F)c1N. The molecule has 6 heteroatoms. The van der Waals surface area contributed by atoms with Gasteiger partial charge in [-0.3, -0.25) is 4.79 Å². The fourth-order valence-corrected chi connectivity index (χ4v) is 2.07. The van der Waals surface area contributed by atoms with E-state index in [9.17, 15) is 14.3 Å². The minimum atomic E-state index is -1.09. The molecule has 5 nitrogen and oxygen atoms in total. The van der Waals surface area contributed by atoms with Crippen LogP contribution >= 0.6 is 0 Å². The molecular formula is C13H17FN2O3. The van der Waals surface area contributed by atoms with Crippen molar-refractivity contribution in [3.05, 3.63) is 29.6 Å². The van der Waals surface area contributed by atoms with E-state index in [-0.39, 0.29) is 23.9 Å². The smallest absolute Gasteiger partial charge is 0.253 e. The highest BCUT2D eigenvalue weighted by molar-refractivity contribution is 5.99.